The van der Waals surface area contributed by atoms with Crippen LogP contribution in [0, 0.1) is 6.92 Å². The van der Waals surface area contributed by atoms with E-state index in [4.69, 9.17) is 9.31 Å². The molecule has 1 aromatic rings. The van der Waals surface area contributed by atoms with Crippen LogP contribution in [0.25, 0.3) is 0 Å². The van der Waals surface area contributed by atoms with E-state index < -0.39 is 38.4 Å². The summed E-state index contributed by atoms with van der Waals surface area (Å²) in [4.78, 5) is 4.14. The van der Waals surface area contributed by atoms with E-state index in [1.807, 2.05) is 27.7 Å². The summed E-state index contributed by atoms with van der Waals surface area (Å²) in [5.41, 5.74) is -0.517. The second-order valence-corrected chi connectivity index (χ2v) is 11.1. The number of hydrogen-bond donors (Lipinski definition) is 0. The van der Waals surface area contributed by atoms with Crippen LogP contribution in [-0.4, -0.2) is 52.7 Å². The molecule has 0 aliphatic carbocycles. The lowest BCUT2D eigenvalue weighted by atomic mass is 9.80. The maximum Gasteiger partial charge on any atom is 0.496 e. The number of aryl methyl sites for hydroxylation is 1. The highest BCUT2D eigenvalue weighted by atomic mass is 32.3. The molecule has 0 aromatic carbocycles. The third-order valence-corrected chi connectivity index (χ3v) is 7.63. The number of pyridine rings is 1. The van der Waals surface area contributed by atoms with Crippen LogP contribution in [0.5, 0.6) is 0 Å². The molecular formula is C14H23BN2O6S2. The van der Waals surface area contributed by atoms with Gasteiger partial charge in [-0.15, -0.1) is 0 Å². The lowest BCUT2D eigenvalue weighted by molar-refractivity contribution is 0.00578. The molecule has 2 heterocycles. The molecule has 25 heavy (non-hydrogen) atoms. The molecule has 0 N–H and O–H groups in total. The average molecular weight is 390 g/mol. The van der Waals surface area contributed by atoms with Crippen molar-refractivity contribution in [3.8, 4) is 0 Å². The first kappa shape index (κ1) is 20.2. The van der Waals surface area contributed by atoms with Gasteiger partial charge in [0.05, 0.1) is 35.1 Å². The van der Waals surface area contributed by atoms with Gasteiger partial charge in [-0.1, -0.05) is 0 Å². The highest BCUT2D eigenvalue weighted by Gasteiger charge is 2.52. The number of anilines is 1. The quantitative estimate of drug-likeness (QED) is 0.687. The van der Waals surface area contributed by atoms with E-state index in [1.54, 1.807) is 0 Å². The molecule has 140 valence electrons. The molecule has 1 aliphatic rings. The highest BCUT2D eigenvalue weighted by molar-refractivity contribution is 8.09. The van der Waals surface area contributed by atoms with Crippen molar-refractivity contribution in [2.45, 2.75) is 45.8 Å². The fourth-order valence-electron chi connectivity index (χ4n) is 2.43. The first-order valence-corrected chi connectivity index (χ1v) is 11.3. The molecule has 11 heteroatoms. The number of nitrogens with zero attached hydrogens (tertiary/aromatic N) is 2. The Balaban J connectivity index is 2.56. The summed E-state index contributed by atoms with van der Waals surface area (Å²) in [6.45, 7) is 9.07. The Morgan fingerprint density at radius 3 is 1.84 bits per heavy atom. The zero-order chi connectivity index (χ0) is 19.4. The van der Waals surface area contributed by atoms with Gasteiger partial charge in [0.15, 0.2) is 0 Å². The second kappa shape index (κ2) is 5.93. The maximum absolute atomic E-state index is 12.0. The molecular weight excluding hydrogens is 367 g/mol. The van der Waals surface area contributed by atoms with Crippen LogP contribution in [0.1, 0.15) is 33.4 Å². The summed E-state index contributed by atoms with van der Waals surface area (Å²) in [7, 11) is -8.90. The lowest BCUT2D eigenvalue weighted by Crippen LogP contribution is -2.41. The fraction of sp³-hybridized carbons (Fsp3) is 0.643. The van der Waals surface area contributed by atoms with Crippen molar-refractivity contribution >= 4 is 38.3 Å². The van der Waals surface area contributed by atoms with E-state index >= 15 is 0 Å². The van der Waals surface area contributed by atoms with Gasteiger partial charge in [0.2, 0.25) is 20.0 Å². The van der Waals surface area contributed by atoms with Crippen molar-refractivity contribution in [2.24, 2.45) is 0 Å². The van der Waals surface area contributed by atoms with Gasteiger partial charge < -0.3 is 9.31 Å². The van der Waals surface area contributed by atoms with Crippen molar-refractivity contribution in [3.63, 3.8) is 0 Å². The molecule has 2 rings (SSSR count). The minimum Gasteiger partial charge on any atom is -0.399 e. The van der Waals surface area contributed by atoms with Crippen LogP contribution in [0.2, 0.25) is 0 Å². The Morgan fingerprint density at radius 1 is 1.00 bits per heavy atom. The number of aromatic nitrogens is 1. The van der Waals surface area contributed by atoms with Crippen molar-refractivity contribution in [1.82, 2.24) is 4.98 Å². The van der Waals surface area contributed by atoms with E-state index in [-0.39, 0.29) is 11.4 Å². The van der Waals surface area contributed by atoms with Gasteiger partial charge >= 0.3 is 7.12 Å². The first-order chi connectivity index (χ1) is 11.1. The minimum atomic E-state index is -4.06. The zero-order valence-corrected chi connectivity index (χ0v) is 17.0. The van der Waals surface area contributed by atoms with Crippen molar-refractivity contribution in [2.75, 3.05) is 16.2 Å². The summed E-state index contributed by atoms with van der Waals surface area (Å²) in [6, 6.07) is 1.42. The van der Waals surface area contributed by atoms with Gasteiger partial charge in [0, 0.05) is 11.7 Å². The smallest absolute Gasteiger partial charge is 0.399 e. The first-order valence-electron chi connectivity index (χ1n) is 7.59. The van der Waals surface area contributed by atoms with Crippen molar-refractivity contribution in [3.05, 3.63) is 18.0 Å². The lowest BCUT2D eigenvalue weighted by Gasteiger charge is -2.32. The van der Waals surface area contributed by atoms with Gasteiger partial charge in [0.25, 0.3) is 0 Å². The van der Waals surface area contributed by atoms with E-state index in [1.165, 1.54) is 19.2 Å². The van der Waals surface area contributed by atoms with Crippen LogP contribution in [-0.2, 0) is 29.4 Å². The Kier molecular flexibility index (Phi) is 4.78. The molecule has 0 saturated carbocycles. The monoisotopic (exact) mass is 390 g/mol. The topological polar surface area (TPSA) is 103 Å². The molecule has 1 fully saturated rings. The maximum atomic E-state index is 12.0. The molecule has 0 spiro atoms. The van der Waals surface area contributed by atoms with Crippen LogP contribution in [0.3, 0.4) is 0 Å². The second-order valence-electron chi connectivity index (χ2n) is 7.18. The number of rotatable bonds is 4. The Labute approximate surface area is 149 Å². The normalized spacial score (nSPS) is 19.9. The van der Waals surface area contributed by atoms with Gasteiger partial charge in [-0.3, -0.25) is 4.98 Å². The summed E-state index contributed by atoms with van der Waals surface area (Å²) in [6.07, 6.45) is 3.15. The largest absolute Gasteiger partial charge is 0.496 e. The average Bonchev–Trinajstić information content (AvgIpc) is 2.57. The molecule has 0 amide bonds. The van der Waals surface area contributed by atoms with E-state index in [0.29, 0.717) is 9.17 Å². The van der Waals surface area contributed by atoms with Crippen LogP contribution < -0.4 is 9.17 Å². The zero-order valence-electron chi connectivity index (χ0n) is 15.4. The predicted molar refractivity (Wildman–Crippen MR) is 96.9 cm³/mol. The molecule has 0 radical (unpaired) electrons. The number of sulfonamides is 2. The molecule has 1 aliphatic heterocycles. The summed E-state index contributed by atoms with van der Waals surface area (Å²) in [5, 5.41) is 0. The van der Waals surface area contributed by atoms with E-state index in [0.717, 1.165) is 12.5 Å². The Morgan fingerprint density at radius 2 is 1.44 bits per heavy atom. The molecule has 0 atom stereocenters. The highest BCUT2D eigenvalue weighted by Crippen LogP contribution is 2.36. The third kappa shape index (κ3) is 3.84. The van der Waals surface area contributed by atoms with Crippen LogP contribution >= 0.6 is 0 Å². The number of hydrogen-bond acceptors (Lipinski definition) is 7. The molecule has 1 saturated heterocycles. The summed E-state index contributed by atoms with van der Waals surface area (Å²) in [5.74, 6) is 0. The molecule has 0 bridgehead atoms. The van der Waals surface area contributed by atoms with Crippen LogP contribution in [0.4, 0.5) is 5.69 Å². The van der Waals surface area contributed by atoms with Crippen molar-refractivity contribution < 1.29 is 26.1 Å². The van der Waals surface area contributed by atoms with Crippen molar-refractivity contribution in [1.29, 1.82) is 0 Å². The molecule has 8 nitrogen and oxygen atoms in total. The van der Waals surface area contributed by atoms with Gasteiger partial charge in [-0.25, -0.2) is 16.8 Å². The van der Waals surface area contributed by atoms with E-state index in [9.17, 15) is 16.8 Å². The third-order valence-electron chi connectivity index (χ3n) is 4.41. The Bertz CT molecular complexity index is 848. The molecule has 1 aromatic heterocycles. The molecule has 0 unspecified atom stereocenters. The summed E-state index contributed by atoms with van der Waals surface area (Å²) >= 11 is 0. The minimum absolute atomic E-state index is 0.0442. The van der Waals surface area contributed by atoms with Gasteiger partial charge in [-0.05, 0) is 40.7 Å². The summed E-state index contributed by atoms with van der Waals surface area (Å²) < 4.78 is 60.3. The van der Waals surface area contributed by atoms with Gasteiger partial charge in [-0.2, -0.15) is 3.71 Å². The van der Waals surface area contributed by atoms with E-state index in [2.05, 4.69) is 4.98 Å². The predicted octanol–water partition coefficient (Wildman–Crippen LogP) is 0.415. The van der Waals surface area contributed by atoms with Crippen LogP contribution in [0.15, 0.2) is 12.3 Å². The van der Waals surface area contributed by atoms with Gasteiger partial charge in [0.1, 0.15) is 0 Å². The fourth-order valence-corrected chi connectivity index (χ4v) is 5.48. The Hall–Kier alpha value is -1.17. The standard InChI is InChI=1S/C14H23BN2O6S2/c1-10-12(17(24(6,18)19)25(7,20)21)8-11(9-16-10)15-22-13(2,3)14(4,5)23-15/h8-9H,1-7H3. The SMILES string of the molecule is Cc1ncc(B2OC(C)(C)C(C)(C)O2)cc1N(S(C)(=O)=O)S(C)(=O)=O.